The zero-order chi connectivity index (χ0) is 22.9. The van der Waals surface area contributed by atoms with Crippen LogP contribution >= 0.6 is 0 Å². The van der Waals surface area contributed by atoms with Crippen LogP contribution in [0.2, 0.25) is 0 Å². The first-order chi connectivity index (χ1) is 15.3. The maximum Gasteiger partial charge on any atom is 0.333 e. The summed E-state index contributed by atoms with van der Waals surface area (Å²) in [5.41, 5.74) is 1.37. The lowest BCUT2D eigenvalue weighted by molar-refractivity contribution is -0.0978. The van der Waals surface area contributed by atoms with Gasteiger partial charge in [0.2, 0.25) is 12.2 Å². The first-order valence-corrected chi connectivity index (χ1v) is 9.53. The molecule has 12 heteroatoms. The number of ether oxygens (including phenoxy) is 1. The number of aromatic amines is 1. The third-order valence-corrected chi connectivity index (χ3v) is 4.66. The molecule has 4 rings (SSSR count). The summed E-state index contributed by atoms with van der Waals surface area (Å²) in [6.45, 7) is 1.98. The fraction of sp³-hybridized carbons (Fsp3) is 0.250. The predicted octanol–water partition coefficient (Wildman–Crippen LogP) is 2.80. The Labute approximate surface area is 180 Å². The van der Waals surface area contributed by atoms with E-state index in [0.29, 0.717) is 16.9 Å². The highest BCUT2D eigenvalue weighted by Gasteiger charge is 2.39. The minimum absolute atomic E-state index is 0.0989. The van der Waals surface area contributed by atoms with Gasteiger partial charge in [0, 0.05) is 37.2 Å². The minimum atomic E-state index is -3.59. The number of halogens is 3. The van der Waals surface area contributed by atoms with E-state index in [2.05, 4.69) is 30.9 Å². The molecule has 3 aromatic heterocycles. The summed E-state index contributed by atoms with van der Waals surface area (Å²) in [5.74, 6) is -4.51. The molecule has 3 heterocycles. The Morgan fingerprint density at radius 1 is 1.25 bits per heavy atom. The van der Waals surface area contributed by atoms with Crippen LogP contribution in [-0.4, -0.2) is 43.4 Å². The molecule has 168 valence electrons. The van der Waals surface area contributed by atoms with Crippen LogP contribution in [0.5, 0.6) is 0 Å². The monoisotopic (exact) mass is 447 g/mol. The van der Waals surface area contributed by atoms with E-state index >= 15 is 8.78 Å². The molecule has 0 bridgehead atoms. The van der Waals surface area contributed by atoms with Crippen molar-refractivity contribution in [2.45, 2.75) is 25.8 Å². The molecule has 1 atom stereocenters. The van der Waals surface area contributed by atoms with Gasteiger partial charge in [-0.05, 0) is 42.8 Å². The first kappa shape index (κ1) is 21.7. The van der Waals surface area contributed by atoms with E-state index < -0.39 is 29.5 Å². The van der Waals surface area contributed by atoms with Crippen LogP contribution in [0, 0.1) is 12.7 Å². The molecule has 0 radical (unpaired) electrons. The Kier molecular flexibility index (Phi) is 5.82. The Morgan fingerprint density at radius 2 is 2.00 bits per heavy atom. The summed E-state index contributed by atoms with van der Waals surface area (Å²) in [6, 6.07) is 7.25. The zero-order valence-electron chi connectivity index (χ0n) is 17.1. The van der Waals surface area contributed by atoms with E-state index in [0.717, 1.165) is 30.0 Å². The molecule has 0 aliphatic carbocycles. The van der Waals surface area contributed by atoms with E-state index in [4.69, 9.17) is 4.74 Å². The number of aliphatic hydroxyl groups excluding tert-OH is 1. The number of H-pyrrole nitrogens is 1. The molecule has 0 saturated heterocycles. The molecule has 0 spiro atoms. The number of hydrogen-bond acceptors (Lipinski definition) is 7. The van der Waals surface area contributed by atoms with Crippen molar-refractivity contribution in [2.75, 3.05) is 12.4 Å². The predicted molar refractivity (Wildman–Crippen MR) is 109 cm³/mol. The third-order valence-electron chi connectivity index (χ3n) is 4.66. The van der Waals surface area contributed by atoms with Gasteiger partial charge >= 0.3 is 5.92 Å². The average Bonchev–Trinajstić information content (AvgIpc) is 3.37. The number of benzene rings is 1. The highest BCUT2D eigenvalue weighted by Crippen LogP contribution is 2.35. The molecular formula is C20H20F3N7O2. The van der Waals surface area contributed by atoms with Crippen molar-refractivity contribution < 1.29 is 23.0 Å². The second kappa shape index (κ2) is 8.57. The first-order valence-electron chi connectivity index (χ1n) is 9.53. The lowest BCUT2D eigenvalue weighted by Crippen LogP contribution is -2.29. The van der Waals surface area contributed by atoms with Gasteiger partial charge in [-0.25, -0.2) is 13.9 Å². The molecule has 32 heavy (non-hydrogen) atoms. The number of nitrogens with zero attached hydrogens (tertiary/aromatic N) is 4. The van der Waals surface area contributed by atoms with E-state index in [1.807, 2.05) is 0 Å². The van der Waals surface area contributed by atoms with Crippen molar-refractivity contribution in [3.63, 3.8) is 0 Å². The maximum absolute atomic E-state index is 15.2. The van der Waals surface area contributed by atoms with Crippen LogP contribution < -0.4 is 10.6 Å². The van der Waals surface area contributed by atoms with Crippen LogP contribution in [0.4, 0.5) is 24.8 Å². The Morgan fingerprint density at radius 3 is 2.66 bits per heavy atom. The number of nitrogens with one attached hydrogen (secondary N) is 3. The number of aryl methyl sites for hydroxylation is 1. The van der Waals surface area contributed by atoms with Crippen molar-refractivity contribution in [1.82, 2.24) is 30.1 Å². The summed E-state index contributed by atoms with van der Waals surface area (Å²) in [6.07, 6.45) is 0.338. The van der Waals surface area contributed by atoms with Gasteiger partial charge in [-0.2, -0.15) is 13.9 Å². The molecule has 0 aliphatic heterocycles. The van der Waals surface area contributed by atoms with Gasteiger partial charge in [0.1, 0.15) is 11.3 Å². The van der Waals surface area contributed by atoms with Crippen LogP contribution in [-0.2, 0) is 17.2 Å². The summed E-state index contributed by atoms with van der Waals surface area (Å²) < 4.78 is 49.6. The van der Waals surface area contributed by atoms with E-state index in [1.54, 1.807) is 19.1 Å². The van der Waals surface area contributed by atoms with Crippen LogP contribution in [0.1, 0.15) is 22.6 Å². The lowest BCUT2D eigenvalue weighted by Gasteiger charge is -2.16. The number of methoxy groups -OCH3 is 1. The van der Waals surface area contributed by atoms with Crippen LogP contribution in [0.25, 0.3) is 5.52 Å². The second-order valence-electron chi connectivity index (χ2n) is 7.07. The molecule has 1 unspecified atom stereocenters. The highest BCUT2D eigenvalue weighted by atomic mass is 19.3. The third kappa shape index (κ3) is 4.42. The number of aromatic nitrogens is 5. The van der Waals surface area contributed by atoms with Gasteiger partial charge in [-0.15, -0.1) is 5.10 Å². The van der Waals surface area contributed by atoms with Gasteiger partial charge in [0.15, 0.2) is 11.6 Å². The highest BCUT2D eigenvalue weighted by molar-refractivity contribution is 5.73. The smallest absolute Gasteiger partial charge is 0.333 e. The standard InChI is InChI=1S/C20H20F3N7O2/c1-11-7-16(28-27-11)25-17-15-8-12(9-24-19(31)32-2)10-30(15)29-18(26-17)20(22,23)13-3-5-14(21)6-4-13/h3-8,10,19,24,31H,9H2,1-2H3,(H2,25,26,27,28,29). The van der Waals surface area contributed by atoms with Gasteiger partial charge in [0.05, 0.1) is 0 Å². The zero-order valence-corrected chi connectivity index (χ0v) is 17.1. The molecule has 0 saturated carbocycles. The second-order valence-corrected chi connectivity index (χ2v) is 7.07. The average molecular weight is 447 g/mol. The maximum atomic E-state index is 15.2. The number of fused-ring (bicyclic) bond motifs is 1. The van der Waals surface area contributed by atoms with Gasteiger partial charge < -0.3 is 15.2 Å². The van der Waals surface area contributed by atoms with Crippen LogP contribution in [0.15, 0.2) is 42.6 Å². The SMILES string of the molecule is COC(O)NCc1cc2c(Nc3cc(C)[nH]n3)nc(C(F)(F)c3ccc(F)cc3)nn2c1. The minimum Gasteiger partial charge on any atom is -0.356 e. The quantitative estimate of drug-likeness (QED) is 0.307. The Balaban J connectivity index is 1.78. The van der Waals surface area contributed by atoms with Crippen molar-refractivity contribution in [3.05, 3.63) is 71.1 Å². The van der Waals surface area contributed by atoms with Crippen molar-refractivity contribution in [1.29, 1.82) is 0 Å². The summed E-state index contributed by atoms with van der Waals surface area (Å²) >= 11 is 0. The summed E-state index contributed by atoms with van der Waals surface area (Å²) in [7, 11) is 1.33. The largest absolute Gasteiger partial charge is 0.356 e. The summed E-state index contributed by atoms with van der Waals surface area (Å²) in [5, 5.41) is 26.0. The lowest BCUT2D eigenvalue weighted by atomic mass is 10.1. The van der Waals surface area contributed by atoms with Crippen molar-refractivity contribution >= 4 is 17.2 Å². The van der Waals surface area contributed by atoms with Gasteiger partial charge in [-0.1, -0.05) is 0 Å². The molecular weight excluding hydrogens is 427 g/mol. The van der Waals surface area contributed by atoms with Crippen LogP contribution in [0.3, 0.4) is 0 Å². The van der Waals surface area contributed by atoms with E-state index in [-0.39, 0.29) is 12.4 Å². The Bertz CT molecular complexity index is 1220. The van der Waals surface area contributed by atoms with Gasteiger partial charge in [-0.3, -0.25) is 10.4 Å². The molecule has 0 fully saturated rings. The fourth-order valence-corrected chi connectivity index (χ4v) is 3.05. The summed E-state index contributed by atoms with van der Waals surface area (Å²) in [4.78, 5) is 4.07. The van der Waals surface area contributed by atoms with Gasteiger partial charge in [0.25, 0.3) is 0 Å². The normalized spacial score (nSPS) is 12.9. The molecule has 4 aromatic rings. The molecule has 0 amide bonds. The molecule has 0 aliphatic rings. The Hall–Kier alpha value is -3.48. The topological polar surface area (TPSA) is 112 Å². The number of anilines is 2. The molecule has 4 N–H and O–H groups in total. The molecule has 1 aromatic carbocycles. The van der Waals surface area contributed by atoms with Crippen molar-refractivity contribution in [2.24, 2.45) is 0 Å². The van der Waals surface area contributed by atoms with Crippen molar-refractivity contribution in [3.8, 4) is 0 Å². The number of alkyl halides is 2. The van der Waals surface area contributed by atoms with E-state index in [9.17, 15) is 9.50 Å². The fourth-order valence-electron chi connectivity index (χ4n) is 3.05. The van der Waals surface area contributed by atoms with E-state index in [1.165, 1.54) is 17.8 Å². The number of rotatable bonds is 8. The molecule has 9 nitrogen and oxygen atoms in total. The number of hydrogen-bond donors (Lipinski definition) is 4. The number of aliphatic hydroxyl groups is 1.